The average molecular weight is 461 g/mol. The molecule has 0 spiro atoms. The number of rotatable bonds is 6. The first-order valence-corrected chi connectivity index (χ1v) is 11.5. The molecule has 5 heteroatoms. The maximum atomic E-state index is 13.2. The predicted molar refractivity (Wildman–Crippen MR) is 139 cm³/mol. The summed E-state index contributed by atoms with van der Waals surface area (Å²) in [6.07, 6.45) is 1.53. The van der Waals surface area contributed by atoms with Crippen LogP contribution in [-0.4, -0.2) is 22.5 Å². The lowest BCUT2D eigenvalue weighted by Crippen LogP contribution is -2.03. The van der Waals surface area contributed by atoms with Gasteiger partial charge in [-0.05, 0) is 67.4 Å². The quantitative estimate of drug-likeness (QED) is 0.125. The van der Waals surface area contributed by atoms with Crippen molar-refractivity contribution in [2.24, 2.45) is 5.16 Å². The van der Waals surface area contributed by atoms with Crippen molar-refractivity contribution in [1.82, 2.24) is 4.57 Å². The SMILES string of the molecule is CCn1c2ccc(/C=N\OC(=O)c3ccccc3)cc2c2cc(C(=O)c3ccccc3C)ccc21. The molecule has 0 atom stereocenters. The van der Waals surface area contributed by atoms with Crippen molar-refractivity contribution >= 4 is 39.8 Å². The Morgan fingerprint density at radius 3 is 2.26 bits per heavy atom. The molecule has 0 aliphatic carbocycles. The standard InChI is InChI=1S/C30H24N2O3/c1-3-32-27-15-13-21(19-31-35-30(34)22-10-5-4-6-11-22)17-25(27)26-18-23(14-16-28(26)32)29(33)24-12-8-7-9-20(24)2/h4-19H,3H2,1-2H3/b31-19-. The van der Waals surface area contributed by atoms with Crippen molar-refractivity contribution in [3.8, 4) is 0 Å². The zero-order chi connectivity index (χ0) is 24.4. The van der Waals surface area contributed by atoms with Crippen LogP contribution in [0, 0.1) is 6.92 Å². The van der Waals surface area contributed by atoms with Crippen LogP contribution in [0.3, 0.4) is 0 Å². The number of ketones is 1. The molecule has 5 rings (SSSR count). The van der Waals surface area contributed by atoms with Gasteiger partial charge >= 0.3 is 5.97 Å². The number of fused-ring (bicyclic) bond motifs is 3. The molecule has 0 bridgehead atoms. The second kappa shape index (κ2) is 9.39. The Kier molecular flexibility index (Phi) is 5.98. The van der Waals surface area contributed by atoms with Gasteiger partial charge in [0.05, 0.1) is 11.8 Å². The van der Waals surface area contributed by atoms with Gasteiger partial charge in [0.2, 0.25) is 0 Å². The summed E-state index contributed by atoms with van der Waals surface area (Å²) in [5.41, 5.74) is 5.69. The molecule has 172 valence electrons. The van der Waals surface area contributed by atoms with E-state index in [0.29, 0.717) is 16.7 Å². The van der Waals surface area contributed by atoms with Gasteiger partial charge in [0.25, 0.3) is 0 Å². The van der Waals surface area contributed by atoms with Crippen LogP contribution in [0.1, 0.15) is 44.3 Å². The molecule has 0 saturated heterocycles. The molecule has 1 heterocycles. The van der Waals surface area contributed by atoms with Gasteiger partial charge in [-0.15, -0.1) is 0 Å². The van der Waals surface area contributed by atoms with Crippen LogP contribution in [0.2, 0.25) is 0 Å². The molecule has 1 aromatic heterocycles. The molecule has 0 aliphatic rings. The van der Waals surface area contributed by atoms with Crippen molar-refractivity contribution in [3.63, 3.8) is 0 Å². The maximum absolute atomic E-state index is 13.2. The van der Waals surface area contributed by atoms with Crippen molar-refractivity contribution in [2.75, 3.05) is 0 Å². The molecule has 0 amide bonds. The number of carbonyl (C=O) groups is 2. The van der Waals surface area contributed by atoms with E-state index in [1.807, 2.05) is 73.7 Å². The highest BCUT2D eigenvalue weighted by Crippen LogP contribution is 2.31. The van der Waals surface area contributed by atoms with E-state index in [1.165, 1.54) is 6.21 Å². The number of aryl methyl sites for hydroxylation is 2. The Hall–Kier alpha value is -4.51. The fraction of sp³-hybridized carbons (Fsp3) is 0.100. The Labute approximate surface area is 203 Å². The summed E-state index contributed by atoms with van der Waals surface area (Å²) in [7, 11) is 0. The minimum absolute atomic E-state index is 0.00735. The number of hydrogen-bond acceptors (Lipinski definition) is 4. The van der Waals surface area contributed by atoms with Gasteiger partial charge in [0, 0.05) is 39.5 Å². The molecule has 35 heavy (non-hydrogen) atoms. The molecular weight excluding hydrogens is 436 g/mol. The lowest BCUT2D eigenvalue weighted by atomic mass is 9.98. The Morgan fingerprint density at radius 1 is 0.829 bits per heavy atom. The molecule has 0 N–H and O–H groups in total. The number of hydrogen-bond donors (Lipinski definition) is 0. The normalized spacial score (nSPS) is 11.4. The third-order valence-electron chi connectivity index (χ3n) is 6.20. The third kappa shape index (κ3) is 4.24. The van der Waals surface area contributed by atoms with E-state index in [2.05, 4.69) is 16.6 Å². The van der Waals surface area contributed by atoms with E-state index in [0.717, 1.165) is 39.5 Å². The van der Waals surface area contributed by atoms with Crippen LogP contribution < -0.4 is 0 Å². The highest BCUT2D eigenvalue weighted by Gasteiger charge is 2.16. The van der Waals surface area contributed by atoms with E-state index in [9.17, 15) is 9.59 Å². The number of nitrogens with zero attached hydrogens (tertiary/aromatic N) is 2. The highest BCUT2D eigenvalue weighted by atomic mass is 16.7. The predicted octanol–water partition coefficient (Wildman–Crippen LogP) is 6.54. The van der Waals surface area contributed by atoms with Gasteiger partial charge in [-0.25, -0.2) is 4.79 Å². The smallest absolute Gasteiger partial charge is 0.341 e. The number of carbonyl (C=O) groups excluding carboxylic acids is 2. The minimum atomic E-state index is -0.509. The van der Waals surface area contributed by atoms with Crippen molar-refractivity contribution in [3.05, 3.63) is 119 Å². The Morgan fingerprint density at radius 2 is 1.51 bits per heavy atom. The minimum Gasteiger partial charge on any atom is -0.341 e. The van der Waals surface area contributed by atoms with Crippen LogP contribution in [-0.2, 0) is 11.4 Å². The lowest BCUT2D eigenvalue weighted by molar-refractivity contribution is 0.0519. The second-order valence-corrected chi connectivity index (χ2v) is 8.38. The Bertz CT molecular complexity index is 1600. The van der Waals surface area contributed by atoms with Gasteiger partial charge in [-0.2, -0.15) is 0 Å². The first-order chi connectivity index (χ1) is 17.1. The van der Waals surface area contributed by atoms with Gasteiger partial charge in [-0.3, -0.25) is 4.79 Å². The van der Waals surface area contributed by atoms with Crippen molar-refractivity contribution < 1.29 is 14.4 Å². The van der Waals surface area contributed by atoms with E-state index in [-0.39, 0.29) is 5.78 Å². The zero-order valence-corrected chi connectivity index (χ0v) is 19.6. The largest absolute Gasteiger partial charge is 0.365 e. The summed E-state index contributed by atoms with van der Waals surface area (Å²) in [5, 5.41) is 5.90. The summed E-state index contributed by atoms with van der Waals surface area (Å²) < 4.78 is 2.23. The van der Waals surface area contributed by atoms with Crippen molar-refractivity contribution in [1.29, 1.82) is 0 Å². The number of oxime groups is 1. The fourth-order valence-corrected chi connectivity index (χ4v) is 4.43. The molecular formula is C30H24N2O3. The molecule has 0 fully saturated rings. The van der Waals surface area contributed by atoms with Gasteiger partial charge in [0.1, 0.15) is 0 Å². The van der Waals surface area contributed by atoms with E-state index in [4.69, 9.17) is 4.84 Å². The van der Waals surface area contributed by atoms with Crippen LogP contribution in [0.15, 0.2) is 96.2 Å². The molecule has 0 radical (unpaired) electrons. The topological polar surface area (TPSA) is 60.7 Å². The van der Waals surface area contributed by atoms with Gasteiger partial charge in [0.15, 0.2) is 5.78 Å². The Balaban J connectivity index is 1.51. The summed E-state index contributed by atoms with van der Waals surface area (Å²) in [6, 6.07) is 28.2. The molecule has 0 aliphatic heterocycles. The van der Waals surface area contributed by atoms with E-state index < -0.39 is 5.97 Å². The van der Waals surface area contributed by atoms with Crippen LogP contribution in [0.25, 0.3) is 21.8 Å². The third-order valence-corrected chi connectivity index (χ3v) is 6.20. The lowest BCUT2D eigenvalue weighted by Gasteiger charge is -2.06. The molecule has 4 aromatic carbocycles. The van der Waals surface area contributed by atoms with E-state index in [1.54, 1.807) is 24.3 Å². The fourth-order valence-electron chi connectivity index (χ4n) is 4.43. The van der Waals surface area contributed by atoms with Gasteiger partial charge < -0.3 is 9.40 Å². The summed E-state index contributed by atoms with van der Waals surface area (Å²) in [4.78, 5) is 30.4. The second-order valence-electron chi connectivity index (χ2n) is 8.38. The van der Waals surface area contributed by atoms with Gasteiger partial charge in [-0.1, -0.05) is 53.7 Å². The number of benzene rings is 4. The first-order valence-electron chi connectivity index (χ1n) is 11.5. The summed E-state index contributed by atoms with van der Waals surface area (Å²) in [5.74, 6) is -0.502. The van der Waals surface area contributed by atoms with E-state index >= 15 is 0 Å². The monoisotopic (exact) mass is 460 g/mol. The van der Waals surface area contributed by atoms with Crippen LogP contribution >= 0.6 is 0 Å². The molecule has 5 aromatic rings. The zero-order valence-electron chi connectivity index (χ0n) is 19.6. The summed E-state index contributed by atoms with van der Waals surface area (Å²) in [6.45, 7) is 4.85. The van der Waals surface area contributed by atoms with Crippen LogP contribution in [0.4, 0.5) is 0 Å². The average Bonchev–Trinajstić information content (AvgIpc) is 3.21. The maximum Gasteiger partial charge on any atom is 0.365 e. The highest BCUT2D eigenvalue weighted by molar-refractivity contribution is 6.15. The van der Waals surface area contributed by atoms with Crippen LogP contribution in [0.5, 0.6) is 0 Å². The summed E-state index contributed by atoms with van der Waals surface area (Å²) >= 11 is 0. The molecule has 0 saturated carbocycles. The van der Waals surface area contributed by atoms with Crippen molar-refractivity contribution in [2.45, 2.75) is 20.4 Å². The molecule has 5 nitrogen and oxygen atoms in total. The molecule has 0 unspecified atom stereocenters. The first kappa shape index (κ1) is 22.3. The number of aromatic nitrogens is 1.